The van der Waals surface area contributed by atoms with Gasteiger partial charge in [-0.05, 0) is 6.07 Å². The van der Waals surface area contributed by atoms with Crippen LogP contribution in [0.4, 0.5) is 0 Å². The fourth-order valence-electron chi connectivity index (χ4n) is 1.08. The van der Waals surface area contributed by atoms with Gasteiger partial charge < -0.3 is 4.42 Å². The number of hydrogen-bond donors (Lipinski definition) is 0. The second-order valence-electron chi connectivity index (χ2n) is 2.59. The first-order chi connectivity index (χ1) is 6.68. The lowest BCUT2D eigenvalue weighted by molar-refractivity contribution is 0.529. The zero-order chi connectivity index (χ0) is 10.1. The van der Waals surface area contributed by atoms with E-state index in [1.807, 2.05) is 12.1 Å². The highest BCUT2D eigenvalue weighted by molar-refractivity contribution is 9.10. The van der Waals surface area contributed by atoms with Crippen LogP contribution in [0.2, 0.25) is 10.0 Å². The lowest BCUT2D eigenvalue weighted by atomic mass is 10.2. The summed E-state index contributed by atoms with van der Waals surface area (Å²) in [5, 5.41) is 0.984. The third kappa shape index (κ3) is 1.80. The van der Waals surface area contributed by atoms with E-state index >= 15 is 0 Å². The Morgan fingerprint density at radius 2 is 2.07 bits per heavy atom. The summed E-state index contributed by atoms with van der Waals surface area (Å²) in [4.78, 5) is 4.51. The Kier molecular flexibility index (Phi) is 2.81. The third-order valence-corrected chi connectivity index (χ3v) is 2.89. The van der Waals surface area contributed by atoms with E-state index in [4.69, 9.17) is 27.6 Å². The molecule has 0 unspecified atom stereocenters. The molecule has 0 amide bonds. The molecule has 5 heteroatoms. The van der Waals surface area contributed by atoms with E-state index in [1.54, 1.807) is 6.07 Å². The van der Waals surface area contributed by atoms with Crippen molar-refractivity contribution < 1.29 is 4.42 Å². The molecule has 0 bridgehead atoms. The summed E-state index contributed by atoms with van der Waals surface area (Å²) in [5.41, 5.74) is 1.41. The molecule has 0 fully saturated rings. The summed E-state index contributed by atoms with van der Waals surface area (Å²) in [6.07, 6.45) is 1.52. The highest BCUT2D eigenvalue weighted by Crippen LogP contribution is 2.33. The molecule has 0 saturated carbocycles. The summed E-state index contributed by atoms with van der Waals surface area (Å²) in [6, 6.07) is 5.37. The molecule has 0 spiro atoms. The predicted octanol–water partition coefficient (Wildman–Crippen LogP) is 4.41. The van der Waals surface area contributed by atoms with Gasteiger partial charge in [0, 0.05) is 21.5 Å². The van der Waals surface area contributed by atoms with Crippen molar-refractivity contribution in [3.05, 3.63) is 39.3 Å². The number of halogens is 3. The first kappa shape index (κ1) is 10.0. The minimum absolute atomic E-state index is 0.420. The number of benzene rings is 1. The Labute approximate surface area is 99.0 Å². The molecule has 0 aliphatic carbocycles. The summed E-state index contributed by atoms with van der Waals surface area (Å²) in [7, 11) is 0. The van der Waals surface area contributed by atoms with Crippen LogP contribution in [0.15, 0.2) is 33.7 Å². The summed E-state index contributed by atoms with van der Waals surface area (Å²) < 4.78 is 5.02. The lowest BCUT2D eigenvalue weighted by Gasteiger charge is -2.00. The van der Waals surface area contributed by atoms with Crippen LogP contribution in [0.5, 0.6) is 0 Å². The van der Waals surface area contributed by atoms with Crippen molar-refractivity contribution in [1.29, 1.82) is 0 Å². The Bertz CT molecular complexity index is 470. The zero-order valence-corrected chi connectivity index (χ0v) is 9.90. The molecular weight excluding hydrogens is 289 g/mol. The fourth-order valence-corrected chi connectivity index (χ4v) is 1.76. The van der Waals surface area contributed by atoms with Gasteiger partial charge in [-0.25, -0.2) is 4.98 Å². The molecule has 1 aromatic heterocycles. The smallest absolute Gasteiger partial charge is 0.264 e. The molecule has 0 aliphatic rings. The Morgan fingerprint density at radius 3 is 2.71 bits per heavy atom. The molecule has 0 N–H and O–H groups in total. The monoisotopic (exact) mass is 291 g/mol. The van der Waals surface area contributed by atoms with Gasteiger partial charge in [0.2, 0.25) is 0 Å². The van der Waals surface area contributed by atoms with Gasteiger partial charge in [0.1, 0.15) is 12.0 Å². The highest BCUT2D eigenvalue weighted by atomic mass is 79.9. The van der Waals surface area contributed by atoms with E-state index < -0.39 is 0 Å². The van der Waals surface area contributed by atoms with Gasteiger partial charge >= 0.3 is 0 Å². The lowest BCUT2D eigenvalue weighted by Crippen LogP contribution is -1.79. The van der Waals surface area contributed by atoms with E-state index in [9.17, 15) is 0 Å². The van der Waals surface area contributed by atoms with Gasteiger partial charge in [-0.1, -0.05) is 35.3 Å². The number of nitrogens with zero attached hydrogens (tertiary/aromatic N) is 1. The fraction of sp³-hybridized carbons (Fsp3) is 0. The van der Waals surface area contributed by atoms with Gasteiger partial charge in [0.15, 0.2) is 0 Å². The topological polar surface area (TPSA) is 26.0 Å². The second-order valence-corrected chi connectivity index (χ2v) is 4.05. The van der Waals surface area contributed by atoms with Crippen molar-refractivity contribution in [1.82, 2.24) is 4.98 Å². The highest BCUT2D eigenvalue weighted by Gasteiger charge is 2.10. The Morgan fingerprint density at radius 1 is 1.29 bits per heavy atom. The van der Waals surface area contributed by atoms with Crippen LogP contribution in [-0.4, -0.2) is 4.98 Å². The zero-order valence-electron chi connectivity index (χ0n) is 6.80. The number of aromatic nitrogens is 1. The molecular formula is C9H4BrCl2NO. The number of hydrogen-bond acceptors (Lipinski definition) is 2. The van der Waals surface area contributed by atoms with E-state index in [1.165, 1.54) is 6.26 Å². The Hall–Kier alpha value is -0.510. The molecule has 2 nitrogen and oxygen atoms in total. The van der Waals surface area contributed by atoms with E-state index in [0.29, 0.717) is 20.5 Å². The van der Waals surface area contributed by atoms with Gasteiger partial charge in [-0.2, -0.15) is 0 Å². The van der Waals surface area contributed by atoms with E-state index in [-0.39, 0.29) is 0 Å². The minimum atomic E-state index is 0.420. The molecule has 2 aromatic rings. The maximum absolute atomic E-state index is 6.01. The molecule has 0 saturated heterocycles. The largest absolute Gasteiger partial charge is 0.439 e. The van der Waals surface area contributed by atoms with Crippen LogP contribution in [0.3, 0.4) is 0 Å². The maximum atomic E-state index is 6.01. The molecule has 1 heterocycles. The van der Waals surface area contributed by atoms with Crippen molar-refractivity contribution in [3.8, 4) is 11.3 Å². The van der Waals surface area contributed by atoms with Crippen LogP contribution in [0.25, 0.3) is 11.3 Å². The van der Waals surface area contributed by atoms with E-state index in [0.717, 1.165) is 5.56 Å². The van der Waals surface area contributed by atoms with Crippen LogP contribution in [0.1, 0.15) is 0 Å². The predicted molar refractivity (Wildman–Crippen MR) is 59.7 cm³/mol. The molecule has 0 aliphatic heterocycles. The van der Waals surface area contributed by atoms with Crippen molar-refractivity contribution in [2.24, 2.45) is 0 Å². The van der Waals surface area contributed by atoms with Crippen LogP contribution in [0, 0.1) is 0 Å². The molecule has 0 radical (unpaired) electrons. The van der Waals surface area contributed by atoms with Crippen LogP contribution in [-0.2, 0) is 0 Å². The third-order valence-electron chi connectivity index (χ3n) is 1.70. The van der Waals surface area contributed by atoms with Crippen molar-refractivity contribution in [2.45, 2.75) is 0 Å². The van der Waals surface area contributed by atoms with Crippen LogP contribution < -0.4 is 0 Å². The maximum Gasteiger partial charge on any atom is 0.264 e. The molecule has 72 valence electrons. The second kappa shape index (κ2) is 3.93. The average molecular weight is 293 g/mol. The normalized spacial score (nSPS) is 10.5. The van der Waals surface area contributed by atoms with Crippen LogP contribution >= 0.6 is 39.1 Å². The first-order valence-corrected chi connectivity index (χ1v) is 5.29. The summed E-state index contributed by atoms with van der Waals surface area (Å²) >= 11 is 15.0. The standard InChI is InChI=1S/C9H4BrCl2NO/c10-9-13-7(4-14-9)5-2-1-3-6(11)8(5)12/h1-4H. The molecule has 14 heavy (non-hydrogen) atoms. The molecule has 1 aromatic carbocycles. The average Bonchev–Trinajstić information content (AvgIpc) is 2.57. The summed E-state index contributed by atoms with van der Waals surface area (Å²) in [6.45, 7) is 0. The van der Waals surface area contributed by atoms with Gasteiger partial charge in [0.05, 0.1) is 10.0 Å². The number of oxazole rings is 1. The van der Waals surface area contributed by atoms with Crippen molar-refractivity contribution >= 4 is 39.1 Å². The van der Waals surface area contributed by atoms with Gasteiger partial charge in [0.25, 0.3) is 4.80 Å². The molecule has 2 rings (SSSR count). The molecule has 0 atom stereocenters. The first-order valence-electron chi connectivity index (χ1n) is 3.74. The van der Waals surface area contributed by atoms with Gasteiger partial charge in [-0.15, -0.1) is 0 Å². The van der Waals surface area contributed by atoms with Crippen molar-refractivity contribution in [2.75, 3.05) is 0 Å². The van der Waals surface area contributed by atoms with E-state index in [2.05, 4.69) is 20.9 Å². The van der Waals surface area contributed by atoms with Gasteiger partial charge in [-0.3, -0.25) is 0 Å². The SMILES string of the molecule is Clc1cccc(-c2coc(Br)n2)c1Cl. The number of rotatable bonds is 1. The summed E-state index contributed by atoms with van der Waals surface area (Å²) in [5.74, 6) is 0. The Balaban J connectivity index is 2.57. The van der Waals surface area contributed by atoms with Crippen molar-refractivity contribution in [3.63, 3.8) is 0 Å². The quantitative estimate of drug-likeness (QED) is 0.778. The minimum Gasteiger partial charge on any atom is -0.439 e.